The van der Waals surface area contributed by atoms with E-state index in [0.29, 0.717) is 6.54 Å². The number of hydrogen-bond acceptors (Lipinski definition) is 4. The Morgan fingerprint density at radius 2 is 2.12 bits per heavy atom. The number of aromatic nitrogens is 1. The van der Waals surface area contributed by atoms with Crippen LogP contribution in [0.3, 0.4) is 0 Å². The van der Waals surface area contributed by atoms with Crippen LogP contribution in [0.2, 0.25) is 0 Å². The van der Waals surface area contributed by atoms with Gasteiger partial charge in [-0.2, -0.15) is 0 Å². The molecule has 0 spiro atoms. The fourth-order valence-electron chi connectivity index (χ4n) is 1.90. The highest BCUT2D eigenvalue weighted by Crippen LogP contribution is 2.27. The van der Waals surface area contributed by atoms with E-state index >= 15 is 0 Å². The van der Waals surface area contributed by atoms with Crippen LogP contribution in [0.4, 0.5) is 0 Å². The van der Waals surface area contributed by atoms with Crippen molar-refractivity contribution in [2.24, 2.45) is 5.73 Å². The Bertz CT molecular complexity index is 339. The third-order valence-electron chi connectivity index (χ3n) is 2.86. The van der Waals surface area contributed by atoms with Crippen LogP contribution in [0.5, 0.6) is 0 Å². The van der Waals surface area contributed by atoms with Gasteiger partial charge in [0.2, 0.25) is 5.91 Å². The van der Waals surface area contributed by atoms with Gasteiger partial charge < -0.3 is 11.1 Å². The Morgan fingerprint density at radius 1 is 1.47 bits per heavy atom. The van der Waals surface area contributed by atoms with Crippen molar-refractivity contribution in [2.75, 3.05) is 0 Å². The van der Waals surface area contributed by atoms with Crippen molar-refractivity contribution >= 4 is 42.1 Å². The lowest BCUT2D eigenvalue weighted by Gasteiger charge is -2.21. The topological polar surface area (TPSA) is 68.0 Å². The molecule has 0 bridgehead atoms. The first-order valence-electron chi connectivity index (χ1n) is 5.15. The largest absolute Gasteiger partial charge is 0.349 e. The van der Waals surface area contributed by atoms with Gasteiger partial charge >= 0.3 is 0 Å². The molecule has 0 radical (unpaired) electrons. The van der Waals surface area contributed by atoms with Crippen LogP contribution in [0.1, 0.15) is 31.4 Å². The lowest BCUT2D eigenvalue weighted by molar-refractivity contribution is -0.126. The lowest BCUT2D eigenvalue weighted by atomic mass is 9.98. The molecule has 1 heterocycles. The normalized spacial score (nSPS) is 16.8. The summed E-state index contributed by atoms with van der Waals surface area (Å²) in [7, 11) is 0. The fourth-order valence-corrected chi connectivity index (χ4v) is 2.46. The van der Waals surface area contributed by atoms with Gasteiger partial charge in [0.15, 0.2) is 0 Å². The van der Waals surface area contributed by atoms with Gasteiger partial charge in [-0.3, -0.25) is 4.79 Å². The molecule has 98 valence electrons. The summed E-state index contributed by atoms with van der Waals surface area (Å²) in [6.07, 6.45) is 3.72. The van der Waals surface area contributed by atoms with Gasteiger partial charge in [-0.05, 0) is 12.8 Å². The summed E-state index contributed by atoms with van der Waals surface area (Å²) >= 11 is 1.53. The zero-order chi connectivity index (χ0) is 10.7. The predicted molar refractivity (Wildman–Crippen MR) is 73.8 cm³/mol. The number of nitrogens with two attached hydrogens (primary N) is 1. The first-order valence-corrected chi connectivity index (χ1v) is 6.09. The summed E-state index contributed by atoms with van der Waals surface area (Å²) in [5, 5.41) is 4.78. The predicted octanol–water partition coefficient (Wildman–Crippen LogP) is 1.87. The van der Waals surface area contributed by atoms with Gasteiger partial charge in [-0.1, -0.05) is 12.8 Å². The molecule has 1 saturated carbocycles. The molecule has 0 aliphatic heterocycles. The van der Waals surface area contributed by atoms with Crippen LogP contribution >= 0.6 is 36.2 Å². The monoisotopic (exact) mass is 297 g/mol. The van der Waals surface area contributed by atoms with Gasteiger partial charge in [0.1, 0.15) is 0 Å². The van der Waals surface area contributed by atoms with Crippen molar-refractivity contribution in [1.29, 1.82) is 0 Å². The molecule has 7 heteroatoms. The minimum Gasteiger partial charge on any atom is -0.349 e. The highest BCUT2D eigenvalue weighted by molar-refractivity contribution is 7.07. The number of nitrogens with one attached hydrogen (secondary N) is 1. The number of halogens is 2. The smallest absolute Gasteiger partial charge is 0.240 e. The van der Waals surface area contributed by atoms with E-state index in [1.54, 1.807) is 5.51 Å². The molecule has 0 unspecified atom stereocenters. The number of thiazole rings is 1. The van der Waals surface area contributed by atoms with E-state index in [1.807, 2.05) is 5.38 Å². The third kappa shape index (κ3) is 4.10. The molecule has 1 aromatic rings. The third-order valence-corrected chi connectivity index (χ3v) is 3.50. The highest BCUT2D eigenvalue weighted by Gasteiger charge is 2.36. The van der Waals surface area contributed by atoms with Crippen molar-refractivity contribution in [3.8, 4) is 0 Å². The van der Waals surface area contributed by atoms with Crippen molar-refractivity contribution in [1.82, 2.24) is 10.3 Å². The van der Waals surface area contributed by atoms with E-state index in [9.17, 15) is 4.79 Å². The Kier molecular flexibility index (Phi) is 7.01. The molecule has 0 saturated heterocycles. The molecule has 3 N–H and O–H groups in total. The van der Waals surface area contributed by atoms with Gasteiger partial charge in [0.05, 0.1) is 23.3 Å². The first kappa shape index (κ1) is 16.6. The second-order valence-corrected chi connectivity index (χ2v) is 4.74. The minimum atomic E-state index is -0.629. The molecular formula is C10H17Cl2N3OS. The number of carbonyl (C=O) groups is 1. The van der Waals surface area contributed by atoms with E-state index in [2.05, 4.69) is 10.3 Å². The standard InChI is InChI=1S/C10H15N3OS.2ClH/c11-10(3-1-2-4-10)9(14)12-5-8-6-15-7-13-8;;/h6-7H,1-5,11H2,(H,12,14);2*1H. The van der Waals surface area contributed by atoms with Gasteiger partial charge in [-0.25, -0.2) is 4.98 Å². The average molecular weight is 298 g/mol. The molecule has 17 heavy (non-hydrogen) atoms. The van der Waals surface area contributed by atoms with Crippen LogP contribution in [-0.4, -0.2) is 16.4 Å². The number of hydrogen-bond donors (Lipinski definition) is 2. The summed E-state index contributed by atoms with van der Waals surface area (Å²) < 4.78 is 0. The summed E-state index contributed by atoms with van der Waals surface area (Å²) in [6.45, 7) is 0.487. The van der Waals surface area contributed by atoms with Crippen molar-refractivity contribution < 1.29 is 4.79 Å². The molecule has 1 amide bonds. The van der Waals surface area contributed by atoms with Crippen molar-refractivity contribution in [3.05, 3.63) is 16.6 Å². The van der Waals surface area contributed by atoms with Crippen LogP contribution in [0.25, 0.3) is 0 Å². The summed E-state index contributed by atoms with van der Waals surface area (Å²) in [5.74, 6) is -0.0343. The second kappa shape index (κ2) is 7.16. The van der Waals surface area contributed by atoms with Crippen molar-refractivity contribution in [2.45, 2.75) is 37.8 Å². The molecule has 1 aliphatic rings. The molecule has 0 aromatic carbocycles. The summed E-state index contributed by atoms with van der Waals surface area (Å²) in [4.78, 5) is 15.9. The van der Waals surface area contributed by atoms with Crippen LogP contribution in [-0.2, 0) is 11.3 Å². The molecule has 1 fully saturated rings. The van der Waals surface area contributed by atoms with E-state index in [4.69, 9.17) is 5.73 Å². The summed E-state index contributed by atoms with van der Waals surface area (Å²) in [5.41, 5.74) is 8.04. The fraction of sp³-hybridized carbons (Fsp3) is 0.600. The summed E-state index contributed by atoms with van der Waals surface area (Å²) in [6, 6.07) is 0. The maximum Gasteiger partial charge on any atom is 0.240 e. The number of amides is 1. The Labute approximate surface area is 117 Å². The second-order valence-electron chi connectivity index (χ2n) is 4.03. The van der Waals surface area contributed by atoms with E-state index in [0.717, 1.165) is 31.4 Å². The Balaban J connectivity index is 0.00000128. The molecule has 2 rings (SSSR count). The molecule has 0 atom stereocenters. The Hall–Kier alpha value is -0.360. The highest BCUT2D eigenvalue weighted by atomic mass is 35.5. The van der Waals surface area contributed by atoms with Gasteiger partial charge in [0, 0.05) is 5.38 Å². The van der Waals surface area contributed by atoms with Crippen molar-refractivity contribution in [3.63, 3.8) is 0 Å². The van der Waals surface area contributed by atoms with Crippen LogP contribution in [0, 0.1) is 0 Å². The lowest BCUT2D eigenvalue weighted by Crippen LogP contribution is -2.51. The zero-order valence-corrected chi connectivity index (χ0v) is 11.8. The quantitative estimate of drug-likeness (QED) is 0.895. The maximum absolute atomic E-state index is 11.8. The zero-order valence-electron chi connectivity index (χ0n) is 9.35. The molecule has 1 aromatic heterocycles. The van der Waals surface area contributed by atoms with Gasteiger partial charge in [-0.15, -0.1) is 36.2 Å². The van der Waals surface area contributed by atoms with E-state index in [1.165, 1.54) is 11.3 Å². The minimum absolute atomic E-state index is 0. The molecule has 4 nitrogen and oxygen atoms in total. The maximum atomic E-state index is 11.8. The number of nitrogens with zero attached hydrogens (tertiary/aromatic N) is 1. The first-order chi connectivity index (χ1) is 7.21. The van der Waals surface area contributed by atoms with Crippen LogP contribution < -0.4 is 11.1 Å². The number of carbonyl (C=O) groups excluding carboxylic acids is 1. The number of rotatable bonds is 3. The van der Waals surface area contributed by atoms with Gasteiger partial charge in [0.25, 0.3) is 0 Å². The average Bonchev–Trinajstić information content (AvgIpc) is 2.85. The molecule has 1 aliphatic carbocycles. The van der Waals surface area contributed by atoms with E-state index in [-0.39, 0.29) is 30.7 Å². The molecular weight excluding hydrogens is 281 g/mol. The SMILES string of the molecule is Cl.Cl.NC1(C(=O)NCc2cscn2)CCCC1. The van der Waals surface area contributed by atoms with Crippen LogP contribution in [0.15, 0.2) is 10.9 Å². The Morgan fingerprint density at radius 3 is 2.65 bits per heavy atom. The van der Waals surface area contributed by atoms with E-state index < -0.39 is 5.54 Å².